The Labute approximate surface area is 129 Å². The van der Waals surface area contributed by atoms with Crippen LogP contribution in [0.5, 0.6) is 0 Å². The lowest BCUT2D eigenvalue weighted by atomic mass is 9.88. The molecule has 1 aromatic rings. The lowest BCUT2D eigenvalue weighted by Gasteiger charge is -2.33. The number of piperidine rings is 1. The standard InChI is InChI=1S/C17H22F3NO/c1-3-12(2)16(22)21-10-8-14(9-11-21)13-4-6-15(7-5-13)17(18,19)20/h4-7,12,14H,3,8-11H2,1-2H3. The second-order valence-electron chi connectivity index (χ2n) is 6.03. The number of carbonyl (C=O) groups is 1. The lowest BCUT2D eigenvalue weighted by molar-refractivity contribution is -0.138. The van der Waals surface area contributed by atoms with Crippen LogP contribution >= 0.6 is 0 Å². The fourth-order valence-corrected chi connectivity index (χ4v) is 2.86. The Balaban J connectivity index is 1.96. The minimum absolute atomic E-state index is 0.0441. The van der Waals surface area contributed by atoms with Gasteiger partial charge in [-0.1, -0.05) is 26.0 Å². The highest BCUT2D eigenvalue weighted by Crippen LogP contribution is 2.33. The average molecular weight is 313 g/mol. The first-order valence-corrected chi connectivity index (χ1v) is 7.79. The van der Waals surface area contributed by atoms with E-state index in [1.165, 1.54) is 0 Å². The van der Waals surface area contributed by atoms with Crippen molar-refractivity contribution >= 4 is 5.91 Å². The van der Waals surface area contributed by atoms with Crippen LogP contribution in [0.15, 0.2) is 24.3 Å². The van der Waals surface area contributed by atoms with Gasteiger partial charge in [0.1, 0.15) is 0 Å². The number of alkyl halides is 3. The van der Waals surface area contributed by atoms with Gasteiger partial charge in [-0.05, 0) is 42.9 Å². The molecule has 1 unspecified atom stereocenters. The normalized spacial score (nSPS) is 18.3. The van der Waals surface area contributed by atoms with Crippen LogP contribution in [0.3, 0.4) is 0 Å². The Morgan fingerprint density at radius 3 is 2.23 bits per heavy atom. The molecule has 1 heterocycles. The molecule has 0 spiro atoms. The van der Waals surface area contributed by atoms with Gasteiger partial charge in [0.05, 0.1) is 5.56 Å². The zero-order valence-electron chi connectivity index (χ0n) is 13.0. The fourth-order valence-electron chi connectivity index (χ4n) is 2.86. The van der Waals surface area contributed by atoms with Crippen molar-refractivity contribution in [1.29, 1.82) is 0 Å². The average Bonchev–Trinajstić information content (AvgIpc) is 2.53. The summed E-state index contributed by atoms with van der Waals surface area (Å²) in [5.74, 6) is 0.472. The van der Waals surface area contributed by atoms with Crippen LogP contribution in [0.1, 0.15) is 50.2 Å². The molecule has 0 saturated carbocycles. The molecule has 1 fully saturated rings. The topological polar surface area (TPSA) is 20.3 Å². The molecule has 122 valence electrons. The smallest absolute Gasteiger partial charge is 0.342 e. The van der Waals surface area contributed by atoms with Gasteiger partial charge in [0.25, 0.3) is 0 Å². The predicted octanol–water partition coefficient (Wildman–Crippen LogP) is 4.46. The number of halogens is 3. The van der Waals surface area contributed by atoms with Crippen molar-refractivity contribution in [2.45, 2.75) is 45.2 Å². The van der Waals surface area contributed by atoms with Crippen molar-refractivity contribution in [3.05, 3.63) is 35.4 Å². The number of carbonyl (C=O) groups excluding carboxylic acids is 1. The van der Waals surface area contributed by atoms with E-state index in [0.717, 1.165) is 37.0 Å². The maximum absolute atomic E-state index is 12.6. The van der Waals surface area contributed by atoms with E-state index in [9.17, 15) is 18.0 Å². The van der Waals surface area contributed by atoms with Crippen LogP contribution < -0.4 is 0 Å². The van der Waals surface area contributed by atoms with Crippen molar-refractivity contribution < 1.29 is 18.0 Å². The Morgan fingerprint density at radius 1 is 1.23 bits per heavy atom. The van der Waals surface area contributed by atoms with E-state index in [0.29, 0.717) is 13.1 Å². The number of nitrogens with zero attached hydrogens (tertiary/aromatic N) is 1. The molecule has 1 atom stereocenters. The van der Waals surface area contributed by atoms with Crippen molar-refractivity contribution in [3.8, 4) is 0 Å². The minimum Gasteiger partial charge on any atom is -0.342 e. The minimum atomic E-state index is -4.29. The Morgan fingerprint density at radius 2 is 1.77 bits per heavy atom. The summed E-state index contributed by atoms with van der Waals surface area (Å²) < 4.78 is 37.7. The number of hydrogen-bond acceptors (Lipinski definition) is 1. The Hall–Kier alpha value is -1.52. The summed E-state index contributed by atoms with van der Waals surface area (Å²) in [7, 11) is 0. The molecule has 0 aromatic heterocycles. The molecule has 1 saturated heterocycles. The van der Waals surface area contributed by atoms with E-state index >= 15 is 0 Å². The molecule has 22 heavy (non-hydrogen) atoms. The zero-order chi connectivity index (χ0) is 16.3. The van der Waals surface area contributed by atoms with Crippen molar-refractivity contribution in [2.24, 2.45) is 5.92 Å². The van der Waals surface area contributed by atoms with Gasteiger partial charge in [0, 0.05) is 19.0 Å². The second kappa shape index (κ2) is 6.71. The molecule has 0 aliphatic carbocycles. The molecule has 0 N–H and O–H groups in total. The second-order valence-corrected chi connectivity index (χ2v) is 6.03. The highest BCUT2D eigenvalue weighted by molar-refractivity contribution is 5.78. The molecule has 2 nitrogen and oxygen atoms in total. The van der Waals surface area contributed by atoms with Crippen molar-refractivity contribution in [3.63, 3.8) is 0 Å². The number of amides is 1. The molecular weight excluding hydrogens is 291 g/mol. The van der Waals surface area contributed by atoms with E-state index in [1.807, 2.05) is 18.7 Å². The van der Waals surface area contributed by atoms with E-state index in [1.54, 1.807) is 12.1 Å². The van der Waals surface area contributed by atoms with Gasteiger partial charge in [-0.25, -0.2) is 0 Å². The number of likely N-dealkylation sites (tertiary alicyclic amines) is 1. The van der Waals surface area contributed by atoms with Crippen molar-refractivity contribution in [1.82, 2.24) is 4.90 Å². The van der Waals surface area contributed by atoms with Gasteiger partial charge < -0.3 is 4.90 Å². The summed E-state index contributed by atoms with van der Waals surface area (Å²) in [4.78, 5) is 14.0. The highest BCUT2D eigenvalue weighted by Gasteiger charge is 2.31. The van der Waals surface area contributed by atoms with Crippen molar-refractivity contribution in [2.75, 3.05) is 13.1 Å². The first-order valence-electron chi connectivity index (χ1n) is 7.79. The van der Waals surface area contributed by atoms with Gasteiger partial charge in [-0.15, -0.1) is 0 Å². The molecule has 0 radical (unpaired) electrons. The highest BCUT2D eigenvalue weighted by atomic mass is 19.4. The maximum atomic E-state index is 12.6. The molecule has 1 aliphatic heterocycles. The molecule has 1 aliphatic rings. The third kappa shape index (κ3) is 3.81. The maximum Gasteiger partial charge on any atom is 0.416 e. The van der Waals surface area contributed by atoms with Crippen LogP contribution in [0.4, 0.5) is 13.2 Å². The number of rotatable bonds is 3. The molecule has 1 amide bonds. The predicted molar refractivity (Wildman–Crippen MR) is 79.5 cm³/mol. The molecule has 5 heteroatoms. The third-order valence-corrected chi connectivity index (χ3v) is 4.55. The summed E-state index contributed by atoms with van der Waals surface area (Å²) in [5.41, 5.74) is 0.323. The summed E-state index contributed by atoms with van der Waals surface area (Å²) in [6, 6.07) is 5.43. The van der Waals surface area contributed by atoms with Crippen LogP contribution in [0, 0.1) is 5.92 Å². The van der Waals surface area contributed by atoms with Crippen LogP contribution in [0.2, 0.25) is 0 Å². The third-order valence-electron chi connectivity index (χ3n) is 4.55. The number of benzene rings is 1. The number of hydrogen-bond donors (Lipinski definition) is 0. The summed E-state index contributed by atoms with van der Waals surface area (Å²) in [6.07, 6.45) is -1.83. The zero-order valence-corrected chi connectivity index (χ0v) is 13.0. The Kier molecular flexibility index (Phi) is 5.14. The van der Waals surface area contributed by atoms with Crippen LogP contribution in [-0.2, 0) is 11.0 Å². The fraction of sp³-hybridized carbons (Fsp3) is 0.588. The molecule has 0 bridgehead atoms. The molecular formula is C17H22F3NO. The quantitative estimate of drug-likeness (QED) is 0.807. The summed E-state index contributed by atoms with van der Waals surface area (Å²) in [6.45, 7) is 5.31. The van der Waals surface area contributed by atoms with E-state index < -0.39 is 11.7 Å². The summed E-state index contributed by atoms with van der Waals surface area (Å²) in [5, 5.41) is 0. The summed E-state index contributed by atoms with van der Waals surface area (Å²) >= 11 is 0. The van der Waals surface area contributed by atoms with Crippen LogP contribution in [0.25, 0.3) is 0 Å². The van der Waals surface area contributed by atoms with Gasteiger partial charge in [0.2, 0.25) is 5.91 Å². The monoisotopic (exact) mass is 313 g/mol. The lowest BCUT2D eigenvalue weighted by Crippen LogP contribution is -2.40. The van der Waals surface area contributed by atoms with E-state index in [2.05, 4.69) is 0 Å². The first-order chi connectivity index (χ1) is 10.3. The Bertz CT molecular complexity index is 502. The van der Waals surface area contributed by atoms with E-state index in [-0.39, 0.29) is 17.7 Å². The van der Waals surface area contributed by atoms with Gasteiger partial charge in [-0.2, -0.15) is 13.2 Å². The van der Waals surface area contributed by atoms with Gasteiger partial charge in [0.15, 0.2) is 0 Å². The van der Waals surface area contributed by atoms with Crippen LogP contribution in [-0.4, -0.2) is 23.9 Å². The molecule has 1 aromatic carbocycles. The van der Waals surface area contributed by atoms with Gasteiger partial charge in [-0.3, -0.25) is 4.79 Å². The largest absolute Gasteiger partial charge is 0.416 e. The van der Waals surface area contributed by atoms with Gasteiger partial charge >= 0.3 is 6.18 Å². The SMILES string of the molecule is CCC(C)C(=O)N1CCC(c2ccc(C(F)(F)F)cc2)CC1. The first kappa shape index (κ1) is 16.8. The van der Waals surface area contributed by atoms with E-state index in [4.69, 9.17) is 0 Å². The molecule has 2 rings (SSSR count).